The first-order valence-electron chi connectivity index (χ1n) is 10.9. The monoisotopic (exact) mass is 483 g/mol. The van der Waals surface area contributed by atoms with Gasteiger partial charge in [0.1, 0.15) is 11.7 Å². The number of nitrogens with two attached hydrogens (primary N) is 2. The molecule has 1 unspecified atom stereocenters. The first-order chi connectivity index (χ1) is 16.7. The molecular weight excluding hydrogens is 454 g/mol. The third-order valence-electron chi connectivity index (χ3n) is 5.31. The fourth-order valence-corrected chi connectivity index (χ4v) is 3.43. The molecule has 0 saturated carbocycles. The molecule has 0 bridgehead atoms. The Labute approximate surface area is 202 Å². The molecule has 35 heavy (non-hydrogen) atoms. The predicted molar refractivity (Wildman–Crippen MR) is 133 cm³/mol. The van der Waals surface area contributed by atoms with Crippen molar-refractivity contribution in [3.63, 3.8) is 0 Å². The third kappa shape index (κ3) is 7.88. The zero-order chi connectivity index (χ0) is 26.0. The number of amides is 1. The van der Waals surface area contributed by atoms with E-state index in [1.165, 1.54) is 0 Å². The minimum atomic E-state index is -1.28. The van der Waals surface area contributed by atoms with Gasteiger partial charge in [0, 0.05) is 18.2 Å². The van der Waals surface area contributed by atoms with Gasteiger partial charge in [-0.2, -0.15) is 9.97 Å². The number of hydrogen-bond acceptors (Lipinski definition) is 9. The zero-order valence-electron chi connectivity index (χ0n) is 19.3. The van der Waals surface area contributed by atoms with Crippen molar-refractivity contribution in [2.24, 2.45) is 9.98 Å². The molecule has 1 aromatic carbocycles. The normalized spacial score (nSPS) is 12.7. The van der Waals surface area contributed by atoms with Crippen LogP contribution in [-0.2, 0) is 9.59 Å². The van der Waals surface area contributed by atoms with Gasteiger partial charge in [0.05, 0.1) is 0 Å². The number of carboxylic acid groups (broad SMARTS) is 2. The van der Waals surface area contributed by atoms with E-state index in [9.17, 15) is 19.5 Å². The number of rotatable bonds is 13. The number of carbonyl (C=O) groups is 3. The minimum Gasteiger partial charge on any atom is -0.481 e. The van der Waals surface area contributed by atoms with Crippen LogP contribution in [-0.4, -0.2) is 57.0 Å². The van der Waals surface area contributed by atoms with Crippen LogP contribution in [0.1, 0.15) is 60.9 Å². The Morgan fingerprint density at radius 3 is 2.40 bits per heavy atom. The largest absolute Gasteiger partial charge is 0.481 e. The van der Waals surface area contributed by atoms with Crippen molar-refractivity contribution in [3.8, 4) is 0 Å². The van der Waals surface area contributed by atoms with E-state index in [4.69, 9.17) is 16.6 Å². The van der Waals surface area contributed by atoms with Crippen molar-refractivity contribution >= 4 is 54.0 Å². The lowest BCUT2D eigenvalue weighted by Gasteiger charge is -2.16. The smallest absolute Gasteiger partial charge is 0.326 e. The lowest BCUT2D eigenvalue weighted by atomic mass is 9.91. The van der Waals surface area contributed by atoms with Crippen molar-refractivity contribution in [2.45, 2.75) is 51.0 Å². The Balaban J connectivity index is 2.00. The summed E-state index contributed by atoms with van der Waals surface area (Å²) in [6, 6.07) is 5.59. The van der Waals surface area contributed by atoms with Gasteiger partial charge in [0.15, 0.2) is 11.6 Å². The van der Waals surface area contributed by atoms with Crippen LogP contribution in [0.2, 0.25) is 0 Å². The van der Waals surface area contributed by atoms with Crippen LogP contribution < -0.4 is 16.8 Å². The topological polar surface area (TPSA) is 206 Å². The number of nitrogens with zero attached hydrogens (tertiary/aromatic N) is 4. The number of hydrogen-bond donors (Lipinski definition) is 5. The van der Waals surface area contributed by atoms with Gasteiger partial charge in [-0.05, 0) is 56.0 Å². The summed E-state index contributed by atoms with van der Waals surface area (Å²) in [6.07, 6.45) is 3.39. The molecule has 0 aliphatic heterocycles. The van der Waals surface area contributed by atoms with E-state index in [0.29, 0.717) is 6.42 Å². The second-order valence-corrected chi connectivity index (χ2v) is 7.71. The molecule has 0 aliphatic rings. The van der Waals surface area contributed by atoms with Crippen LogP contribution in [0, 0.1) is 0 Å². The van der Waals surface area contributed by atoms with Crippen LogP contribution in [0.5, 0.6) is 0 Å². The molecule has 186 valence electrons. The fourth-order valence-electron chi connectivity index (χ4n) is 3.43. The standard InChI is InChI=1S/C23H29N7O5/c1-3-13(5-4-12-27-20-18(26-2)19(24)29-23(25)30-20)14-6-8-15(9-7-14)21(33)28-16(22(34)35)10-11-17(31)32/h6-9,12-13,16H,2-5,10-11H2,1H3,(H,28,33)(H,31,32)(H,34,35)(H4,24,25,29,30)/t13?,16-/m0/s1. The van der Waals surface area contributed by atoms with E-state index in [1.54, 1.807) is 18.3 Å². The second kappa shape index (κ2) is 12.8. The molecule has 0 spiro atoms. The summed E-state index contributed by atoms with van der Waals surface area (Å²) in [5.74, 6) is -2.46. The number of anilines is 2. The Morgan fingerprint density at radius 1 is 1.14 bits per heavy atom. The SMILES string of the molecule is C=Nc1c(N)nc(N)nc1N=CCCC(CC)c1ccc(C(=O)N[C@@H](CCC(=O)O)C(=O)O)cc1. The van der Waals surface area contributed by atoms with Crippen LogP contribution in [0.25, 0.3) is 0 Å². The molecule has 0 saturated heterocycles. The number of aromatic nitrogens is 2. The lowest BCUT2D eigenvalue weighted by molar-refractivity contribution is -0.140. The fraction of sp³-hybridized carbons (Fsp3) is 0.348. The van der Waals surface area contributed by atoms with Crippen molar-refractivity contribution in [1.29, 1.82) is 0 Å². The predicted octanol–water partition coefficient (Wildman–Crippen LogP) is 2.70. The average Bonchev–Trinajstić information content (AvgIpc) is 2.81. The lowest BCUT2D eigenvalue weighted by Crippen LogP contribution is -2.41. The van der Waals surface area contributed by atoms with Crippen molar-refractivity contribution in [3.05, 3.63) is 35.4 Å². The molecule has 12 nitrogen and oxygen atoms in total. The highest BCUT2D eigenvalue weighted by atomic mass is 16.4. The molecule has 0 aliphatic carbocycles. The Kier molecular flexibility index (Phi) is 9.82. The van der Waals surface area contributed by atoms with Gasteiger partial charge in [-0.3, -0.25) is 14.6 Å². The average molecular weight is 484 g/mol. The number of benzene rings is 1. The first kappa shape index (κ1) is 26.9. The highest BCUT2D eigenvalue weighted by Gasteiger charge is 2.22. The van der Waals surface area contributed by atoms with E-state index in [-0.39, 0.29) is 47.6 Å². The molecule has 7 N–H and O–H groups in total. The minimum absolute atomic E-state index is 0.00540. The highest BCUT2D eigenvalue weighted by Crippen LogP contribution is 2.31. The summed E-state index contributed by atoms with van der Waals surface area (Å²) < 4.78 is 0. The van der Waals surface area contributed by atoms with Gasteiger partial charge in [-0.25, -0.2) is 9.79 Å². The highest BCUT2D eigenvalue weighted by molar-refractivity contribution is 5.96. The maximum atomic E-state index is 12.4. The van der Waals surface area contributed by atoms with Crippen LogP contribution >= 0.6 is 0 Å². The molecule has 2 rings (SSSR count). The molecule has 1 aromatic heterocycles. The summed E-state index contributed by atoms with van der Waals surface area (Å²) in [7, 11) is 0. The van der Waals surface area contributed by atoms with Gasteiger partial charge in [0.25, 0.3) is 5.91 Å². The number of carbonyl (C=O) groups excluding carboxylic acids is 1. The number of aliphatic imine (C=N–C) groups is 2. The molecule has 2 atom stereocenters. The van der Waals surface area contributed by atoms with Gasteiger partial charge in [0.2, 0.25) is 5.95 Å². The first-order valence-corrected chi connectivity index (χ1v) is 10.9. The van der Waals surface area contributed by atoms with Crippen LogP contribution in [0.3, 0.4) is 0 Å². The van der Waals surface area contributed by atoms with E-state index in [2.05, 4.69) is 32.0 Å². The number of nitrogen functional groups attached to an aromatic ring is 2. The summed E-state index contributed by atoms with van der Waals surface area (Å²) in [4.78, 5) is 50.4. The van der Waals surface area contributed by atoms with Gasteiger partial charge in [-0.15, -0.1) is 0 Å². The maximum absolute atomic E-state index is 12.4. The molecule has 12 heteroatoms. The van der Waals surface area contributed by atoms with E-state index >= 15 is 0 Å². The van der Waals surface area contributed by atoms with Crippen molar-refractivity contribution < 1.29 is 24.6 Å². The molecule has 1 heterocycles. The van der Waals surface area contributed by atoms with Crippen molar-refractivity contribution in [2.75, 3.05) is 11.5 Å². The van der Waals surface area contributed by atoms with Gasteiger partial charge in [-0.1, -0.05) is 19.1 Å². The zero-order valence-corrected chi connectivity index (χ0v) is 19.3. The molecule has 0 radical (unpaired) electrons. The number of carboxylic acids is 2. The molecular formula is C23H29N7O5. The number of aliphatic carboxylic acids is 2. The second-order valence-electron chi connectivity index (χ2n) is 7.71. The van der Waals surface area contributed by atoms with Crippen molar-refractivity contribution in [1.82, 2.24) is 15.3 Å². The van der Waals surface area contributed by atoms with E-state index in [1.807, 2.05) is 19.1 Å². The van der Waals surface area contributed by atoms with Crippen LogP contribution in [0.15, 0.2) is 34.3 Å². The van der Waals surface area contributed by atoms with E-state index in [0.717, 1.165) is 18.4 Å². The molecule has 2 aromatic rings. The number of nitrogens with one attached hydrogen (secondary N) is 1. The summed E-state index contributed by atoms with van der Waals surface area (Å²) in [5, 5.41) is 20.3. The Bertz CT molecular complexity index is 1100. The third-order valence-corrected chi connectivity index (χ3v) is 5.31. The maximum Gasteiger partial charge on any atom is 0.326 e. The quantitative estimate of drug-likeness (QED) is 0.265. The van der Waals surface area contributed by atoms with E-state index < -0.39 is 23.9 Å². The Hall–Kier alpha value is -4.35. The molecule has 1 amide bonds. The van der Waals surface area contributed by atoms with Gasteiger partial charge < -0.3 is 27.0 Å². The molecule has 0 fully saturated rings. The van der Waals surface area contributed by atoms with Crippen LogP contribution in [0.4, 0.5) is 23.3 Å². The summed E-state index contributed by atoms with van der Waals surface area (Å²) in [6.45, 7) is 5.50. The summed E-state index contributed by atoms with van der Waals surface area (Å²) >= 11 is 0. The van der Waals surface area contributed by atoms with Gasteiger partial charge >= 0.3 is 11.9 Å². The Morgan fingerprint density at radius 2 is 1.83 bits per heavy atom. The summed E-state index contributed by atoms with van der Waals surface area (Å²) in [5.41, 5.74) is 13.0.